The summed E-state index contributed by atoms with van der Waals surface area (Å²) in [4.78, 5) is 31.4. The van der Waals surface area contributed by atoms with E-state index in [1.165, 1.54) is 0 Å². The fourth-order valence-electron chi connectivity index (χ4n) is 0.687. The Hall–Kier alpha value is -1.19. The molecule has 0 spiro atoms. The number of amides is 1. The van der Waals surface area contributed by atoms with Gasteiger partial charge in [-0.2, -0.15) is 0 Å². The fraction of sp³-hybridized carbons (Fsp3) is 0.500. The molecule has 56 valence electrons. The second-order valence-corrected chi connectivity index (χ2v) is 2.06. The minimum absolute atomic E-state index is 0.500. The van der Waals surface area contributed by atoms with E-state index in [2.05, 4.69) is 0 Å². The van der Waals surface area contributed by atoms with Gasteiger partial charge in [0.25, 0.3) is 0 Å². The highest BCUT2D eigenvalue weighted by Gasteiger charge is 2.24. The van der Waals surface area contributed by atoms with Gasteiger partial charge >= 0.3 is 0 Å². The van der Waals surface area contributed by atoms with Gasteiger partial charge in [-0.3, -0.25) is 14.4 Å². The van der Waals surface area contributed by atoms with Gasteiger partial charge in [0, 0.05) is 0 Å². The molecule has 4 heteroatoms. The van der Waals surface area contributed by atoms with Gasteiger partial charge in [0.15, 0.2) is 5.92 Å². The van der Waals surface area contributed by atoms with Crippen molar-refractivity contribution in [3.63, 3.8) is 0 Å². The molecule has 0 aliphatic heterocycles. The standard InChI is InChI=1S/C6H9NO3/c1-3(8)5(4(2)9)6(7)10/h5H,1-2H3,(H2,7,10). The largest absolute Gasteiger partial charge is 0.369 e. The highest BCUT2D eigenvalue weighted by molar-refractivity contribution is 6.16. The fourth-order valence-corrected chi connectivity index (χ4v) is 0.687. The zero-order chi connectivity index (χ0) is 8.31. The third-order valence-corrected chi connectivity index (χ3v) is 1.10. The molecule has 0 aromatic rings. The summed E-state index contributed by atoms with van der Waals surface area (Å²) < 4.78 is 0. The van der Waals surface area contributed by atoms with Gasteiger partial charge in [0.2, 0.25) is 5.91 Å². The monoisotopic (exact) mass is 143 g/mol. The Bertz CT molecular complexity index is 152. The van der Waals surface area contributed by atoms with Crippen LogP contribution in [0.5, 0.6) is 0 Å². The highest BCUT2D eigenvalue weighted by atomic mass is 16.2. The van der Waals surface area contributed by atoms with Gasteiger partial charge in [-0.25, -0.2) is 0 Å². The van der Waals surface area contributed by atoms with Crippen molar-refractivity contribution in [2.24, 2.45) is 11.7 Å². The molecule has 1 amide bonds. The molecule has 0 rings (SSSR count). The Morgan fingerprint density at radius 3 is 1.40 bits per heavy atom. The van der Waals surface area contributed by atoms with Gasteiger partial charge in [-0.1, -0.05) is 0 Å². The van der Waals surface area contributed by atoms with E-state index >= 15 is 0 Å². The summed E-state index contributed by atoms with van der Waals surface area (Å²) in [5.41, 5.74) is 4.76. The molecule has 0 aliphatic carbocycles. The number of rotatable bonds is 3. The third-order valence-electron chi connectivity index (χ3n) is 1.10. The highest BCUT2D eigenvalue weighted by Crippen LogP contribution is 1.97. The summed E-state index contributed by atoms with van der Waals surface area (Å²) in [6.45, 7) is 2.33. The first-order valence-electron chi connectivity index (χ1n) is 2.77. The normalized spacial score (nSPS) is 9.50. The van der Waals surface area contributed by atoms with E-state index in [9.17, 15) is 14.4 Å². The zero-order valence-corrected chi connectivity index (χ0v) is 5.88. The molecule has 0 aromatic heterocycles. The van der Waals surface area contributed by atoms with Crippen molar-refractivity contribution in [1.82, 2.24) is 0 Å². The van der Waals surface area contributed by atoms with Gasteiger partial charge < -0.3 is 5.73 Å². The first kappa shape index (κ1) is 8.81. The Morgan fingerprint density at radius 1 is 1.10 bits per heavy atom. The summed E-state index contributed by atoms with van der Waals surface area (Å²) in [5.74, 6) is -3.12. The lowest BCUT2D eigenvalue weighted by molar-refractivity contribution is -0.137. The van der Waals surface area contributed by atoms with E-state index in [0.717, 1.165) is 13.8 Å². The second kappa shape index (κ2) is 3.10. The molecule has 0 heterocycles. The van der Waals surface area contributed by atoms with Crippen LogP contribution in [0.25, 0.3) is 0 Å². The van der Waals surface area contributed by atoms with Crippen LogP contribution in [0.2, 0.25) is 0 Å². The van der Waals surface area contributed by atoms with Crippen molar-refractivity contribution >= 4 is 17.5 Å². The lowest BCUT2D eigenvalue weighted by atomic mass is 10.0. The summed E-state index contributed by atoms with van der Waals surface area (Å²) in [5, 5.41) is 0. The SMILES string of the molecule is CC(=O)C(C(C)=O)C(N)=O. The number of ketones is 2. The van der Waals surface area contributed by atoms with E-state index < -0.39 is 23.4 Å². The maximum atomic E-state index is 10.5. The van der Waals surface area contributed by atoms with E-state index in [1.807, 2.05) is 0 Å². The molecule has 10 heavy (non-hydrogen) atoms. The van der Waals surface area contributed by atoms with Crippen LogP contribution < -0.4 is 5.73 Å². The molecule has 0 aliphatic rings. The number of hydrogen-bond acceptors (Lipinski definition) is 3. The number of nitrogens with two attached hydrogens (primary N) is 1. The first-order valence-corrected chi connectivity index (χ1v) is 2.77. The number of Topliss-reactive ketones (excluding diaryl/α,β-unsaturated/α-hetero) is 2. The van der Waals surface area contributed by atoms with Gasteiger partial charge in [0.1, 0.15) is 11.6 Å². The van der Waals surface area contributed by atoms with Gasteiger partial charge in [-0.15, -0.1) is 0 Å². The maximum absolute atomic E-state index is 10.5. The van der Waals surface area contributed by atoms with Crippen molar-refractivity contribution in [1.29, 1.82) is 0 Å². The Kier molecular flexibility index (Phi) is 2.73. The lowest BCUT2D eigenvalue weighted by Gasteiger charge is -2.02. The molecule has 0 bridgehead atoms. The van der Waals surface area contributed by atoms with Gasteiger partial charge in [-0.05, 0) is 13.8 Å². The number of carbonyl (C=O) groups excluding carboxylic acids is 3. The quantitative estimate of drug-likeness (QED) is 0.529. The number of primary amides is 1. The molecule has 0 saturated carbocycles. The number of carbonyl (C=O) groups is 3. The molecule has 0 radical (unpaired) electrons. The average Bonchev–Trinajstić information content (AvgIpc) is 1.59. The summed E-state index contributed by atoms with van der Waals surface area (Å²) in [7, 11) is 0. The zero-order valence-electron chi connectivity index (χ0n) is 5.88. The van der Waals surface area contributed by atoms with Crippen molar-refractivity contribution < 1.29 is 14.4 Å². The van der Waals surface area contributed by atoms with Crippen molar-refractivity contribution in [3.8, 4) is 0 Å². The molecule has 2 N–H and O–H groups in total. The third kappa shape index (κ3) is 1.97. The molecule has 0 unspecified atom stereocenters. The van der Waals surface area contributed by atoms with Gasteiger partial charge in [0.05, 0.1) is 0 Å². The molecule has 0 saturated heterocycles. The Balaban J connectivity index is 4.43. The first-order chi connectivity index (χ1) is 4.46. The van der Waals surface area contributed by atoms with Crippen LogP contribution in [0.4, 0.5) is 0 Å². The van der Waals surface area contributed by atoms with Crippen molar-refractivity contribution in [2.75, 3.05) is 0 Å². The summed E-state index contributed by atoms with van der Waals surface area (Å²) in [6.07, 6.45) is 0. The smallest absolute Gasteiger partial charge is 0.235 e. The molecule has 4 nitrogen and oxygen atoms in total. The molecule has 0 fully saturated rings. The number of hydrogen-bond donors (Lipinski definition) is 1. The Labute approximate surface area is 58.4 Å². The Morgan fingerprint density at radius 2 is 1.40 bits per heavy atom. The molecule has 0 aromatic carbocycles. The summed E-state index contributed by atoms with van der Waals surface area (Å²) >= 11 is 0. The van der Waals surface area contributed by atoms with E-state index in [0.29, 0.717) is 0 Å². The lowest BCUT2D eigenvalue weighted by Crippen LogP contribution is -2.34. The predicted octanol–water partition coefficient (Wildman–Crippen LogP) is -0.734. The molecular weight excluding hydrogens is 134 g/mol. The predicted molar refractivity (Wildman–Crippen MR) is 34.0 cm³/mol. The topological polar surface area (TPSA) is 77.2 Å². The molecule has 0 atom stereocenters. The maximum Gasteiger partial charge on any atom is 0.235 e. The summed E-state index contributed by atoms with van der Waals surface area (Å²) in [6, 6.07) is 0. The van der Waals surface area contributed by atoms with Crippen molar-refractivity contribution in [3.05, 3.63) is 0 Å². The average molecular weight is 143 g/mol. The van der Waals surface area contributed by atoms with Crippen LogP contribution in [-0.4, -0.2) is 17.5 Å². The van der Waals surface area contributed by atoms with Crippen LogP contribution in [0.3, 0.4) is 0 Å². The minimum Gasteiger partial charge on any atom is -0.369 e. The van der Waals surface area contributed by atoms with Crippen LogP contribution in [0.15, 0.2) is 0 Å². The van der Waals surface area contributed by atoms with Crippen LogP contribution in [0, 0.1) is 5.92 Å². The second-order valence-electron chi connectivity index (χ2n) is 2.06. The van der Waals surface area contributed by atoms with E-state index in [1.54, 1.807) is 0 Å². The van der Waals surface area contributed by atoms with E-state index in [4.69, 9.17) is 5.73 Å². The van der Waals surface area contributed by atoms with Crippen LogP contribution in [-0.2, 0) is 14.4 Å². The van der Waals surface area contributed by atoms with Crippen molar-refractivity contribution in [2.45, 2.75) is 13.8 Å². The van der Waals surface area contributed by atoms with E-state index in [-0.39, 0.29) is 0 Å². The van der Waals surface area contributed by atoms with Crippen LogP contribution >= 0.6 is 0 Å². The minimum atomic E-state index is -1.25. The molecular formula is C6H9NO3. The van der Waals surface area contributed by atoms with Crippen LogP contribution in [0.1, 0.15) is 13.8 Å².